The Morgan fingerprint density at radius 1 is 0.828 bits per heavy atom. The standard InChI is InChI=1S/C23H20N4OS/c28-21(17-8-2-1-3-9-17)16-26-14-18(24-25-26)15-27-19-10-4-6-12-22(19)29-23-13-7-5-11-20(23)27/h1-14,21,28H,15-16H2. The molecule has 5 rings (SSSR count). The maximum atomic E-state index is 10.5. The minimum absolute atomic E-state index is 0.375. The normalized spacial score (nSPS) is 13.6. The van der Waals surface area contributed by atoms with Crippen molar-refractivity contribution in [3.8, 4) is 0 Å². The van der Waals surface area contributed by atoms with Crippen molar-refractivity contribution in [1.29, 1.82) is 0 Å². The van der Waals surface area contributed by atoms with Gasteiger partial charge in [0.2, 0.25) is 0 Å². The summed E-state index contributed by atoms with van der Waals surface area (Å²) in [6.45, 7) is 0.996. The van der Waals surface area contributed by atoms with E-state index in [1.807, 2.05) is 36.5 Å². The van der Waals surface area contributed by atoms with Crippen LogP contribution in [0, 0.1) is 0 Å². The van der Waals surface area contributed by atoms with Crippen molar-refractivity contribution < 1.29 is 5.11 Å². The van der Waals surface area contributed by atoms with Gasteiger partial charge in [-0.1, -0.05) is 71.6 Å². The lowest BCUT2D eigenvalue weighted by atomic mass is 10.1. The fourth-order valence-corrected chi connectivity index (χ4v) is 4.67. The maximum absolute atomic E-state index is 10.5. The van der Waals surface area contributed by atoms with E-state index in [0.29, 0.717) is 13.1 Å². The summed E-state index contributed by atoms with van der Waals surface area (Å²) in [6.07, 6.45) is 1.30. The summed E-state index contributed by atoms with van der Waals surface area (Å²) in [5.74, 6) is 0. The van der Waals surface area contributed by atoms with Gasteiger partial charge in [0, 0.05) is 9.79 Å². The van der Waals surface area contributed by atoms with Crippen molar-refractivity contribution in [3.05, 3.63) is 96.3 Å². The van der Waals surface area contributed by atoms with Crippen LogP contribution in [0.4, 0.5) is 11.4 Å². The molecule has 1 aliphatic rings. The molecule has 0 amide bonds. The van der Waals surface area contributed by atoms with E-state index < -0.39 is 6.10 Å². The number of rotatable bonds is 5. The molecule has 1 atom stereocenters. The smallest absolute Gasteiger partial charge is 0.102 e. The second-order valence-corrected chi connectivity index (χ2v) is 8.07. The van der Waals surface area contributed by atoms with E-state index in [2.05, 4.69) is 63.7 Å². The van der Waals surface area contributed by atoms with Crippen LogP contribution in [0.15, 0.2) is 94.9 Å². The Hall–Kier alpha value is -3.09. The van der Waals surface area contributed by atoms with Gasteiger partial charge in [-0.15, -0.1) is 5.10 Å². The minimum atomic E-state index is -0.612. The van der Waals surface area contributed by atoms with E-state index in [1.54, 1.807) is 16.4 Å². The largest absolute Gasteiger partial charge is 0.386 e. The molecule has 4 aromatic rings. The van der Waals surface area contributed by atoms with Crippen LogP contribution in [0.2, 0.25) is 0 Å². The molecule has 0 spiro atoms. The van der Waals surface area contributed by atoms with Gasteiger partial charge in [-0.3, -0.25) is 0 Å². The zero-order valence-corrected chi connectivity index (χ0v) is 16.5. The van der Waals surface area contributed by atoms with Crippen LogP contribution in [-0.2, 0) is 13.1 Å². The number of aliphatic hydroxyl groups is 1. The van der Waals surface area contributed by atoms with Gasteiger partial charge in [0.15, 0.2) is 0 Å². The van der Waals surface area contributed by atoms with Gasteiger partial charge in [0.1, 0.15) is 5.69 Å². The first-order valence-electron chi connectivity index (χ1n) is 9.53. The number of anilines is 2. The molecule has 5 nitrogen and oxygen atoms in total. The summed E-state index contributed by atoms with van der Waals surface area (Å²) in [4.78, 5) is 4.75. The molecule has 0 aliphatic carbocycles. The van der Waals surface area contributed by atoms with Crippen LogP contribution in [-0.4, -0.2) is 20.1 Å². The SMILES string of the molecule is OC(Cn1cc(CN2c3ccccc3Sc3ccccc32)nn1)c1ccccc1. The summed E-state index contributed by atoms with van der Waals surface area (Å²) in [5, 5.41) is 19.1. The predicted molar refractivity (Wildman–Crippen MR) is 114 cm³/mol. The van der Waals surface area contributed by atoms with Gasteiger partial charge < -0.3 is 10.0 Å². The number of nitrogens with zero attached hydrogens (tertiary/aromatic N) is 4. The van der Waals surface area contributed by atoms with Crippen LogP contribution >= 0.6 is 11.8 Å². The summed E-state index contributed by atoms with van der Waals surface area (Å²) in [6, 6.07) is 26.5. The first kappa shape index (κ1) is 18.0. The van der Waals surface area contributed by atoms with E-state index in [0.717, 1.165) is 11.3 Å². The third-order valence-electron chi connectivity index (χ3n) is 4.98. The molecule has 0 fully saturated rings. The average molecular weight is 401 g/mol. The van der Waals surface area contributed by atoms with E-state index in [-0.39, 0.29) is 0 Å². The third kappa shape index (κ3) is 3.64. The van der Waals surface area contributed by atoms with Crippen molar-refractivity contribution in [2.45, 2.75) is 29.0 Å². The second kappa shape index (κ2) is 7.73. The molecule has 2 heterocycles. The number of aromatic nitrogens is 3. The lowest BCUT2D eigenvalue weighted by Gasteiger charge is -2.32. The molecular weight excluding hydrogens is 380 g/mol. The molecule has 1 N–H and O–H groups in total. The number of para-hydroxylation sites is 2. The number of hydrogen-bond donors (Lipinski definition) is 1. The van der Waals surface area contributed by atoms with Gasteiger partial charge in [-0.05, 0) is 29.8 Å². The number of fused-ring (bicyclic) bond motifs is 2. The second-order valence-electron chi connectivity index (χ2n) is 6.98. The monoisotopic (exact) mass is 400 g/mol. The molecule has 0 radical (unpaired) electrons. The first-order valence-corrected chi connectivity index (χ1v) is 10.3. The van der Waals surface area contributed by atoms with Crippen molar-refractivity contribution in [1.82, 2.24) is 15.0 Å². The van der Waals surface area contributed by atoms with Crippen LogP contribution in [0.5, 0.6) is 0 Å². The van der Waals surface area contributed by atoms with Crippen molar-refractivity contribution in [2.75, 3.05) is 4.90 Å². The Morgan fingerprint density at radius 2 is 1.45 bits per heavy atom. The molecule has 0 saturated heterocycles. The molecule has 1 aromatic heterocycles. The molecule has 3 aromatic carbocycles. The summed E-state index contributed by atoms with van der Waals surface area (Å²) in [7, 11) is 0. The molecule has 0 saturated carbocycles. The fourth-order valence-electron chi connectivity index (χ4n) is 3.57. The van der Waals surface area contributed by atoms with Gasteiger partial charge in [0.25, 0.3) is 0 Å². The van der Waals surface area contributed by atoms with E-state index in [9.17, 15) is 5.11 Å². The van der Waals surface area contributed by atoms with Crippen molar-refractivity contribution >= 4 is 23.1 Å². The van der Waals surface area contributed by atoms with Crippen LogP contribution in [0.25, 0.3) is 0 Å². The Morgan fingerprint density at radius 3 is 2.14 bits per heavy atom. The first-order chi connectivity index (χ1) is 14.3. The third-order valence-corrected chi connectivity index (χ3v) is 6.11. The molecular formula is C23H20N4OS. The van der Waals surface area contributed by atoms with E-state index >= 15 is 0 Å². The minimum Gasteiger partial charge on any atom is -0.386 e. The van der Waals surface area contributed by atoms with Gasteiger partial charge >= 0.3 is 0 Å². The Balaban J connectivity index is 1.39. The van der Waals surface area contributed by atoms with E-state index in [4.69, 9.17) is 0 Å². The highest BCUT2D eigenvalue weighted by Crippen LogP contribution is 2.48. The quantitative estimate of drug-likeness (QED) is 0.521. The van der Waals surface area contributed by atoms with Crippen molar-refractivity contribution in [3.63, 3.8) is 0 Å². The Bertz CT molecular complexity index is 1080. The summed E-state index contributed by atoms with van der Waals surface area (Å²) >= 11 is 1.79. The molecule has 0 bridgehead atoms. The number of benzene rings is 3. The average Bonchev–Trinajstić information content (AvgIpc) is 3.21. The maximum Gasteiger partial charge on any atom is 0.102 e. The fraction of sp³-hybridized carbons (Fsp3) is 0.130. The highest BCUT2D eigenvalue weighted by atomic mass is 32.2. The van der Waals surface area contributed by atoms with E-state index in [1.165, 1.54) is 21.2 Å². The van der Waals surface area contributed by atoms with Crippen LogP contribution < -0.4 is 4.90 Å². The van der Waals surface area contributed by atoms with Crippen LogP contribution in [0.1, 0.15) is 17.4 Å². The van der Waals surface area contributed by atoms with Crippen LogP contribution in [0.3, 0.4) is 0 Å². The zero-order chi connectivity index (χ0) is 19.6. The van der Waals surface area contributed by atoms with Gasteiger partial charge in [-0.25, -0.2) is 4.68 Å². The lowest BCUT2D eigenvalue weighted by molar-refractivity contribution is 0.150. The zero-order valence-electron chi connectivity index (χ0n) is 15.7. The predicted octanol–water partition coefficient (Wildman–Crippen LogP) is 4.81. The molecule has 6 heteroatoms. The molecule has 1 aliphatic heterocycles. The Labute approximate surface area is 173 Å². The Kier molecular flexibility index (Phi) is 4.79. The topological polar surface area (TPSA) is 54.2 Å². The highest BCUT2D eigenvalue weighted by Gasteiger charge is 2.23. The van der Waals surface area contributed by atoms with Crippen molar-refractivity contribution in [2.24, 2.45) is 0 Å². The number of hydrogen-bond acceptors (Lipinski definition) is 5. The summed E-state index contributed by atoms with van der Waals surface area (Å²) < 4.78 is 1.71. The van der Waals surface area contributed by atoms with Gasteiger partial charge in [-0.2, -0.15) is 0 Å². The molecule has 29 heavy (non-hydrogen) atoms. The lowest BCUT2D eigenvalue weighted by Crippen LogP contribution is -2.20. The highest BCUT2D eigenvalue weighted by molar-refractivity contribution is 7.99. The number of aliphatic hydroxyl groups excluding tert-OH is 1. The summed E-state index contributed by atoms with van der Waals surface area (Å²) in [5.41, 5.74) is 4.09. The molecule has 1 unspecified atom stereocenters. The molecule has 144 valence electrons. The van der Waals surface area contributed by atoms with Gasteiger partial charge in [0.05, 0.1) is 36.8 Å².